The van der Waals surface area contributed by atoms with Gasteiger partial charge in [0.2, 0.25) is 5.91 Å². The lowest BCUT2D eigenvalue weighted by molar-refractivity contribution is -0.119. The molecule has 0 aliphatic heterocycles. The fourth-order valence-corrected chi connectivity index (χ4v) is 2.61. The van der Waals surface area contributed by atoms with Crippen LogP contribution in [0.25, 0.3) is 0 Å². The van der Waals surface area contributed by atoms with Gasteiger partial charge < -0.3 is 10.4 Å². The molecule has 2 aromatic rings. The van der Waals surface area contributed by atoms with E-state index in [9.17, 15) is 18.7 Å². The number of halogens is 2. The highest BCUT2D eigenvalue weighted by atomic mass is 32.2. The molecule has 1 atom stereocenters. The fourth-order valence-electron chi connectivity index (χ4n) is 1.86. The van der Waals surface area contributed by atoms with E-state index in [1.54, 1.807) is 0 Å². The first-order valence-electron chi connectivity index (χ1n) is 6.64. The molecule has 0 aliphatic rings. The maximum absolute atomic E-state index is 13.5. The molecule has 2 N–H and O–H groups in total. The summed E-state index contributed by atoms with van der Waals surface area (Å²) < 4.78 is 27.0. The van der Waals surface area contributed by atoms with Crippen LogP contribution in [0.15, 0.2) is 53.4 Å². The lowest BCUT2D eigenvalue weighted by Gasteiger charge is -2.13. The molecule has 2 aromatic carbocycles. The van der Waals surface area contributed by atoms with Crippen molar-refractivity contribution in [3.8, 4) is 0 Å². The molecule has 0 radical (unpaired) electrons. The number of hydrogen-bond acceptors (Lipinski definition) is 3. The molecule has 0 saturated heterocycles. The standard InChI is InChI=1S/C16H15F2NO2S/c17-12-7-4-8-13(18)16(12)14(20)9-19-15(21)10-22-11-5-2-1-3-6-11/h1-8,14,20H,9-10H2,(H,19,21). The van der Waals surface area contributed by atoms with Crippen molar-refractivity contribution in [1.29, 1.82) is 0 Å². The van der Waals surface area contributed by atoms with Gasteiger partial charge in [0.1, 0.15) is 17.7 Å². The molecule has 0 heterocycles. The third-order valence-electron chi connectivity index (χ3n) is 2.94. The predicted octanol–water partition coefficient (Wildman–Crippen LogP) is 2.91. The van der Waals surface area contributed by atoms with Gasteiger partial charge in [0.15, 0.2) is 0 Å². The topological polar surface area (TPSA) is 49.3 Å². The second-order valence-corrected chi connectivity index (χ2v) is 5.61. The Morgan fingerprint density at radius 1 is 1.09 bits per heavy atom. The number of rotatable bonds is 6. The molecule has 0 fully saturated rings. The van der Waals surface area contributed by atoms with E-state index >= 15 is 0 Å². The van der Waals surface area contributed by atoms with Crippen molar-refractivity contribution in [1.82, 2.24) is 5.32 Å². The van der Waals surface area contributed by atoms with Gasteiger partial charge in [-0.15, -0.1) is 11.8 Å². The summed E-state index contributed by atoms with van der Waals surface area (Å²) in [5, 5.41) is 12.3. The molecule has 0 spiro atoms. The molecule has 6 heteroatoms. The lowest BCUT2D eigenvalue weighted by Crippen LogP contribution is -2.30. The quantitative estimate of drug-likeness (QED) is 0.804. The van der Waals surface area contributed by atoms with Crippen LogP contribution < -0.4 is 5.32 Å². The van der Waals surface area contributed by atoms with Crippen molar-refractivity contribution in [2.24, 2.45) is 0 Å². The average molecular weight is 323 g/mol. The second kappa shape index (κ2) is 7.91. The number of aliphatic hydroxyl groups excluding tert-OH is 1. The van der Waals surface area contributed by atoms with Crippen molar-refractivity contribution < 1.29 is 18.7 Å². The van der Waals surface area contributed by atoms with E-state index in [1.165, 1.54) is 17.8 Å². The summed E-state index contributed by atoms with van der Waals surface area (Å²) in [6, 6.07) is 12.7. The molecular weight excluding hydrogens is 308 g/mol. The molecule has 1 unspecified atom stereocenters. The van der Waals surface area contributed by atoms with Crippen LogP contribution >= 0.6 is 11.8 Å². The molecule has 2 rings (SSSR count). The van der Waals surface area contributed by atoms with Gasteiger partial charge >= 0.3 is 0 Å². The minimum absolute atomic E-state index is 0.163. The Labute approximate surface area is 131 Å². The maximum atomic E-state index is 13.5. The fraction of sp³-hybridized carbons (Fsp3) is 0.188. The highest BCUT2D eigenvalue weighted by molar-refractivity contribution is 8.00. The molecular formula is C16H15F2NO2S. The Morgan fingerprint density at radius 2 is 1.73 bits per heavy atom. The Balaban J connectivity index is 1.83. The van der Waals surface area contributed by atoms with Gasteiger partial charge in [0.25, 0.3) is 0 Å². The van der Waals surface area contributed by atoms with Crippen LogP contribution in [0.3, 0.4) is 0 Å². The number of benzene rings is 2. The van der Waals surface area contributed by atoms with Crippen molar-refractivity contribution in [3.63, 3.8) is 0 Å². The van der Waals surface area contributed by atoms with E-state index < -0.39 is 23.3 Å². The summed E-state index contributed by atoms with van der Waals surface area (Å²) in [5.41, 5.74) is -0.432. The Morgan fingerprint density at radius 3 is 2.36 bits per heavy atom. The number of carbonyl (C=O) groups is 1. The minimum atomic E-state index is -1.42. The van der Waals surface area contributed by atoms with E-state index in [0.29, 0.717) is 0 Å². The zero-order valence-electron chi connectivity index (χ0n) is 11.6. The van der Waals surface area contributed by atoms with Crippen molar-refractivity contribution >= 4 is 17.7 Å². The number of thioether (sulfide) groups is 1. The van der Waals surface area contributed by atoms with Crippen molar-refractivity contribution in [3.05, 3.63) is 65.7 Å². The monoisotopic (exact) mass is 323 g/mol. The molecule has 3 nitrogen and oxygen atoms in total. The molecule has 116 valence electrons. The number of amides is 1. The summed E-state index contributed by atoms with van der Waals surface area (Å²) in [5.74, 6) is -1.82. The largest absolute Gasteiger partial charge is 0.386 e. The summed E-state index contributed by atoms with van der Waals surface area (Å²) in [6.45, 7) is -0.244. The van der Waals surface area contributed by atoms with E-state index in [0.717, 1.165) is 17.0 Å². The van der Waals surface area contributed by atoms with E-state index in [1.807, 2.05) is 30.3 Å². The third kappa shape index (κ3) is 4.54. The SMILES string of the molecule is O=C(CSc1ccccc1)NCC(O)c1c(F)cccc1F. The number of carbonyl (C=O) groups excluding carboxylic acids is 1. The zero-order valence-corrected chi connectivity index (χ0v) is 12.4. The molecule has 0 bridgehead atoms. The van der Waals surface area contributed by atoms with Gasteiger partial charge in [-0.2, -0.15) is 0 Å². The van der Waals surface area contributed by atoms with E-state index in [2.05, 4.69) is 5.32 Å². The highest BCUT2D eigenvalue weighted by Gasteiger charge is 2.18. The molecule has 0 saturated carbocycles. The maximum Gasteiger partial charge on any atom is 0.230 e. The minimum Gasteiger partial charge on any atom is -0.386 e. The van der Waals surface area contributed by atoms with E-state index in [-0.39, 0.29) is 18.2 Å². The van der Waals surface area contributed by atoms with Crippen LogP contribution in [0, 0.1) is 11.6 Å². The number of aliphatic hydroxyl groups is 1. The van der Waals surface area contributed by atoms with Crippen LogP contribution in [-0.4, -0.2) is 23.3 Å². The van der Waals surface area contributed by atoms with Gasteiger partial charge in [-0.1, -0.05) is 24.3 Å². The smallest absolute Gasteiger partial charge is 0.230 e. The third-order valence-corrected chi connectivity index (χ3v) is 3.95. The van der Waals surface area contributed by atoms with Gasteiger partial charge in [-0.25, -0.2) is 8.78 Å². The van der Waals surface area contributed by atoms with Crippen LogP contribution in [0.4, 0.5) is 8.78 Å². The van der Waals surface area contributed by atoms with Crippen LogP contribution in [0.1, 0.15) is 11.7 Å². The molecule has 22 heavy (non-hydrogen) atoms. The average Bonchev–Trinajstić information content (AvgIpc) is 2.52. The van der Waals surface area contributed by atoms with Crippen LogP contribution in [0.5, 0.6) is 0 Å². The first-order chi connectivity index (χ1) is 10.6. The van der Waals surface area contributed by atoms with Gasteiger partial charge in [-0.05, 0) is 24.3 Å². The Hall–Kier alpha value is -1.92. The first-order valence-corrected chi connectivity index (χ1v) is 7.63. The molecule has 0 aromatic heterocycles. The summed E-state index contributed by atoms with van der Waals surface area (Å²) >= 11 is 1.34. The van der Waals surface area contributed by atoms with Crippen LogP contribution in [0.2, 0.25) is 0 Å². The Bertz CT molecular complexity index is 617. The second-order valence-electron chi connectivity index (χ2n) is 4.56. The van der Waals surface area contributed by atoms with Crippen molar-refractivity contribution in [2.75, 3.05) is 12.3 Å². The molecule has 1 amide bonds. The summed E-state index contributed by atoms with van der Waals surface area (Å²) in [6.07, 6.45) is -1.42. The highest BCUT2D eigenvalue weighted by Crippen LogP contribution is 2.20. The summed E-state index contributed by atoms with van der Waals surface area (Å²) in [4.78, 5) is 12.6. The Kier molecular flexibility index (Phi) is 5.91. The number of nitrogens with one attached hydrogen (secondary N) is 1. The van der Waals surface area contributed by atoms with Gasteiger partial charge in [-0.3, -0.25) is 4.79 Å². The van der Waals surface area contributed by atoms with Crippen LogP contribution in [-0.2, 0) is 4.79 Å². The normalized spacial score (nSPS) is 12.0. The number of hydrogen-bond donors (Lipinski definition) is 2. The van der Waals surface area contributed by atoms with E-state index in [4.69, 9.17) is 0 Å². The van der Waals surface area contributed by atoms with Gasteiger partial charge in [0, 0.05) is 11.4 Å². The lowest BCUT2D eigenvalue weighted by atomic mass is 10.1. The zero-order chi connectivity index (χ0) is 15.9. The van der Waals surface area contributed by atoms with Crippen molar-refractivity contribution in [2.45, 2.75) is 11.0 Å². The van der Waals surface area contributed by atoms with Gasteiger partial charge in [0.05, 0.1) is 11.3 Å². The first kappa shape index (κ1) is 16.5. The molecule has 0 aliphatic carbocycles. The predicted molar refractivity (Wildman–Crippen MR) is 81.5 cm³/mol. The summed E-state index contributed by atoms with van der Waals surface area (Å²) in [7, 11) is 0.